The standard InChI is InChI=1S/C9H11BrO3/c1-12-8-6(5-11)3-4-7(10)9(8)13-2/h3-4,11H,5H2,1-2H3. The minimum absolute atomic E-state index is 0.0627. The molecule has 4 heteroatoms. The molecule has 0 unspecified atom stereocenters. The first-order chi connectivity index (χ1) is 6.24. The van der Waals surface area contributed by atoms with Crippen molar-refractivity contribution in [3.8, 4) is 11.5 Å². The van der Waals surface area contributed by atoms with E-state index in [9.17, 15) is 0 Å². The van der Waals surface area contributed by atoms with Crippen molar-refractivity contribution in [3.63, 3.8) is 0 Å². The second-order valence-corrected chi connectivity index (χ2v) is 3.29. The second kappa shape index (κ2) is 4.48. The third-order valence-corrected chi connectivity index (χ3v) is 2.35. The minimum atomic E-state index is -0.0627. The van der Waals surface area contributed by atoms with Gasteiger partial charge < -0.3 is 14.6 Å². The van der Waals surface area contributed by atoms with Gasteiger partial charge in [-0.25, -0.2) is 0 Å². The highest BCUT2D eigenvalue weighted by atomic mass is 79.9. The average molecular weight is 247 g/mol. The smallest absolute Gasteiger partial charge is 0.175 e. The summed E-state index contributed by atoms with van der Waals surface area (Å²) >= 11 is 3.32. The fraction of sp³-hybridized carbons (Fsp3) is 0.333. The molecule has 0 aromatic heterocycles. The lowest BCUT2D eigenvalue weighted by molar-refractivity contribution is 0.269. The van der Waals surface area contributed by atoms with Crippen molar-refractivity contribution >= 4 is 15.9 Å². The van der Waals surface area contributed by atoms with Gasteiger partial charge in [-0.15, -0.1) is 0 Å². The lowest BCUT2D eigenvalue weighted by atomic mass is 10.2. The molecule has 1 rings (SSSR count). The van der Waals surface area contributed by atoms with Gasteiger partial charge in [-0.3, -0.25) is 0 Å². The fourth-order valence-corrected chi connectivity index (χ4v) is 1.59. The van der Waals surface area contributed by atoms with Gasteiger partial charge >= 0.3 is 0 Å². The van der Waals surface area contributed by atoms with Crippen LogP contribution in [0.4, 0.5) is 0 Å². The molecule has 1 aromatic rings. The van der Waals surface area contributed by atoms with Crippen LogP contribution >= 0.6 is 15.9 Å². The summed E-state index contributed by atoms with van der Waals surface area (Å²) in [5.41, 5.74) is 0.711. The summed E-state index contributed by atoms with van der Waals surface area (Å²) in [6.45, 7) is -0.0627. The zero-order chi connectivity index (χ0) is 9.84. The minimum Gasteiger partial charge on any atom is -0.492 e. The summed E-state index contributed by atoms with van der Waals surface area (Å²) in [5.74, 6) is 1.17. The Labute approximate surface area is 85.4 Å². The van der Waals surface area contributed by atoms with Crippen LogP contribution in [0.2, 0.25) is 0 Å². The van der Waals surface area contributed by atoms with Crippen LogP contribution in [0.15, 0.2) is 16.6 Å². The third kappa shape index (κ3) is 1.95. The molecule has 0 aliphatic carbocycles. The highest BCUT2D eigenvalue weighted by Gasteiger charge is 2.12. The van der Waals surface area contributed by atoms with Gasteiger partial charge in [0.2, 0.25) is 0 Å². The van der Waals surface area contributed by atoms with Crippen molar-refractivity contribution in [2.24, 2.45) is 0 Å². The van der Waals surface area contributed by atoms with Crippen molar-refractivity contribution in [1.29, 1.82) is 0 Å². The molecule has 0 aliphatic rings. The predicted octanol–water partition coefficient (Wildman–Crippen LogP) is 1.96. The van der Waals surface area contributed by atoms with E-state index in [-0.39, 0.29) is 6.61 Å². The number of aliphatic hydroxyl groups excluding tert-OH is 1. The molecular formula is C9H11BrO3. The molecule has 0 radical (unpaired) electrons. The lowest BCUT2D eigenvalue weighted by Crippen LogP contribution is -1.96. The van der Waals surface area contributed by atoms with E-state index in [0.717, 1.165) is 4.47 Å². The Balaban J connectivity index is 3.27. The molecule has 0 atom stereocenters. The van der Waals surface area contributed by atoms with E-state index in [1.54, 1.807) is 20.3 Å². The molecule has 3 nitrogen and oxygen atoms in total. The molecule has 72 valence electrons. The van der Waals surface area contributed by atoms with Crippen LogP contribution in [0.1, 0.15) is 5.56 Å². The number of benzene rings is 1. The molecule has 0 fully saturated rings. The van der Waals surface area contributed by atoms with Crippen LogP contribution in [0, 0.1) is 0 Å². The third-order valence-electron chi connectivity index (χ3n) is 1.72. The molecule has 0 heterocycles. The number of methoxy groups -OCH3 is 2. The topological polar surface area (TPSA) is 38.7 Å². The second-order valence-electron chi connectivity index (χ2n) is 2.43. The Morgan fingerprint density at radius 3 is 2.31 bits per heavy atom. The Hall–Kier alpha value is -0.740. The van der Waals surface area contributed by atoms with Gasteiger partial charge in [0, 0.05) is 5.56 Å². The highest BCUT2D eigenvalue weighted by Crippen LogP contribution is 2.37. The molecule has 0 aliphatic heterocycles. The molecule has 1 aromatic carbocycles. The van der Waals surface area contributed by atoms with Crippen LogP contribution in [-0.2, 0) is 6.61 Å². The molecule has 1 N–H and O–H groups in total. The van der Waals surface area contributed by atoms with Gasteiger partial charge in [0.1, 0.15) is 0 Å². The van der Waals surface area contributed by atoms with Crippen LogP contribution in [0.3, 0.4) is 0 Å². The van der Waals surface area contributed by atoms with Crippen LogP contribution < -0.4 is 9.47 Å². The maximum Gasteiger partial charge on any atom is 0.175 e. The van der Waals surface area contributed by atoms with Crippen molar-refractivity contribution < 1.29 is 14.6 Å². The first-order valence-corrected chi connectivity index (χ1v) is 4.54. The van der Waals surface area contributed by atoms with Crippen LogP contribution in [0.25, 0.3) is 0 Å². The van der Waals surface area contributed by atoms with Crippen LogP contribution in [-0.4, -0.2) is 19.3 Å². The lowest BCUT2D eigenvalue weighted by Gasteiger charge is -2.12. The highest BCUT2D eigenvalue weighted by molar-refractivity contribution is 9.10. The van der Waals surface area contributed by atoms with E-state index in [1.807, 2.05) is 6.07 Å². The summed E-state index contributed by atoms with van der Waals surface area (Å²) in [5, 5.41) is 9.01. The Morgan fingerprint density at radius 2 is 1.85 bits per heavy atom. The number of rotatable bonds is 3. The van der Waals surface area contributed by atoms with E-state index < -0.39 is 0 Å². The molecule has 0 spiro atoms. The van der Waals surface area contributed by atoms with E-state index in [2.05, 4.69) is 15.9 Å². The molecular weight excluding hydrogens is 236 g/mol. The molecule has 0 bridgehead atoms. The first-order valence-electron chi connectivity index (χ1n) is 3.74. The van der Waals surface area contributed by atoms with E-state index >= 15 is 0 Å². The Kier molecular flexibility index (Phi) is 3.57. The molecule has 0 saturated heterocycles. The zero-order valence-electron chi connectivity index (χ0n) is 7.50. The van der Waals surface area contributed by atoms with Gasteiger partial charge in [-0.1, -0.05) is 6.07 Å². The van der Waals surface area contributed by atoms with E-state index in [0.29, 0.717) is 17.1 Å². The van der Waals surface area contributed by atoms with Crippen molar-refractivity contribution in [1.82, 2.24) is 0 Å². The summed E-state index contributed by atoms with van der Waals surface area (Å²) in [4.78, 5) is 0. The molecule has 0 amide bonds. The first kappa shape index (κ1) is 10.3. The molecule has 13 heavy (non-hydrogen) atoms. The number of hydrogen-bond acceptors (Lipinski definition) is 3. The maximum atomic E-state index is 9.01. The average Bonchev–Trinajstić information content (AvgIpc) is 2.17. The maximum absolute atomic E-state index is 9.01. The number of hydrogen-bond donors (Lipinski definition) is 1. The van der Waals surface area contributed by atoms with E-state index in [1.165, 1.54) is 0 Å². The largest absolute Gasteiger partial charge is 0.492 e. The number of ether oxygens (including phenoxy) is 2. The van der Waals surface area contributed by atoms with E-state index in [4.69, 9.17) is 14.6 Å². The van der Waals surface area contributed by atoms with Gasteiger partial charge in [-0.2, -0.15) is 0 Å². The van der Waals surface area contributed by atoms with Crippen LogP contribution in [0.5, 0.6) is 11.5 Å². The summed E-state index contributed by atoms with van der Waals surface area (Å²) in [6.07, 6.45) is 0. The number of halogens is 1. The van der Waals surface area contributed by atoms with Crippen molar-refractivity contribution in [2.45, 2.75) is 6.61 Å². The van der Waals surface area contributed by atoms with Gasteiger partial charge in [0.25, 0.3) is 0 Å². The zero-order valence-corrected chi connectivity index (χ0v) is 9.09. The fourth-order valence-electron chi connectivity index (χ4n) is 1.12. The molecule has 0 saturated carbocycles. The quantitative estimate of drug-likeness (QED) is 0.887. The monoisotopic (exact) mass is 246 g/mol. The van der Waals surface area contributed by atoms with Crippen molar-refractivity contribution in [3.05, 3.63) is 22.2 Å². The normalized spacial score (nSPS) is 9.85. The van der Waals surface area contributed by atoms with Crippen molar-refractivity contribution in [2.75, 3.05) is 14.2 Å². The predicted molar refractivity (Wildman–Crippen MR) is 53.2 cm³/mol. The Morgan fingerprint density at radius 1 is 1.23 bits per heavy atom. The number of aliphatic hydroxyl groups is 1. The Bertz CT molecular complexity index is 299. The van der Waals surface area contributed by atoms with Gasteiger partial charge in [0.05, 0.1) is 25.3 Å². The summed E-state index contributed by atoms with van der Waals surface area (Å²) in [6, 6.07) is 3.60. The van der Waals surface area contributed by atoms with Gasteiger partial charge in [-0.05, 0) is 22.0 Å². The van der Waals surface area contributed by atoms with Gasteiger partial charge in [0.15, 0.2) is 11.5 Å². The summed E-state index contributed by atoms with van der Waals surface area (Å²) in [7, 11) is 3.10. The SMILES string of the molecule is COc1c(Br)ccc(CO)c1OC. The summed E-state index contributed by atoms with van der Waals surface area (Å²) < 4.78 is 11.1.